The maximum Gasteiger partial charge on any atom is 0.345 e. The third-order valence-corrected chi connectivity index (χ3v) is 2.75. The molecule has 0 spiro atoms. The maximum absolute atomic E-state index is 11.4. The van der Waals surface area contributed by atoms with Gasteiger partial charge in [-0.05, 0) is 11.2 Å². The summed E-state index contributed by atoms with van der Waals surface area (Å²) in [6, 6.07) is 0. The Kier molecular flexibility index (Phi) is 2.85. The first-order valence-electron chi connectivity index (χ1n) is 4.15. The van der Waals surface area contributed by atoms with Crippen LogP contribution < -0.4 is 5.69 Å². The maximum atomic E-state index is 11.4. The molecule has 0 unspecified atom stereocenters. The highest BCUT2D eigenvalue weighted by atomic mass is 32.1. The minimum Gasteiger partial charge on any atom is -0.285 e. The first kappa shape index (κ1) is 10.4. The molecule has 4 nitrogen and oxygen atoms in total. The molecule has 0 aromatic carbocycles. The van der Waals surface area contributed by atoms with E-state index in [-0.39, 0.29) is 11.1 Å². The molecule has 13 heavy (non-hydrogen) atoms. The molecule has 0 N–H and O–H groups in total. The Morgan fingerprint density at radius 2 is 2.23 bits per heavy atom. The van der Waals surface area contributed by atoms with E-state index in [1.807, 2.05) is 0 Å². The van der Waals surface area contributed by atoms with E-state index in [0.29, 0.717) is 6.54 Å². The van der Waals surface area contributed by atoms with Crippen LogP contribution in [-0.4, -0.2) is 20.1 Å². The van der Waals surface area contributed by atoms with Crippen LogP contribution in [0.4, 0.5) is 0 Å². The topological polar surface area (TPSA) is 39.8 Å². The SMILES string of the molecule is Cn1cnn(CC(C)(C)CS)c1=O. The lowest BCUT2D eigenvalue weighted by molar-refractivity contribution is 0.326. The number of hydrogen-bond donors (Lipinski definition) is 1. The Balaban J connectivity index is 2.87. The average molecular weight is 201 g/mol. The Bertz CT molecular complexity index is 339. The van der Waals surface area contributed by atoms with E-state index < -0.39 is 0 Å². The van der Waals surface area contributed by atoms with E-state index in [1.54, 1.807) is 7.05 Å². The van der Waals surface area contributed by atoms with Crippen molar-refractivity contribution < 1.29 is 0 Å². The van der Waals surface area contributed by atoms with Gasteiger partial charge in [-0.1, -0.05) is 13.8 Å². The summed E-state index contributed by atoms with van der Waals surface area (Å²) < 4.78 is 2.94. The third-order valence-electron chi connectivity index (χ3n) is 1.89. The van der Waals surface area contributed by atoms with Gasteiger partial charge in [0.1, 0.15) is 6.33 Å². The van der Waals surface area contributed by atoms with Crippen molar-refractivity contribution >= 4 is 12.6 Å². The number of nitrogens with zero attached hydrogens (tertiary/aromatic N) is 3. The van der Waals surface area contributed by atoms with Crippen molar-refractivity contribution in [1.82, 2.24) is 14.3 Å². The van der Waals surface area contributed by atoms with Gasteiger partial charge in [-0.15, -0.1) is 0 Å². The number of rotatable bonds is 3. The van der Waals surface area contributed by atoms with Crippen LogP contribution in [0.3, 0.4) is 0 Å². The van der Waals surface area contributed by atoms with E-state index in [0.717, 1.165) is 5.75 Å². The molecule has 1 aromatic heterocycles. The second-order valence-electron chi connectivity index (χ2n) is 4.00. The zero-order chi connectivity index (χ0) is 10.1. The number of hydrogen-bond acceptors (Lipinski definition) is 3. The molecule has 0 radical (unpaired) electrons. The normalized spacial score (nSPS) is 12.0. The molecule has 0 bridgehead atoms. The van der Waals surface area contributed by atoms with E-state index in [9.17, 15) is 4.79 Å². The zero-order valence-corrected chi connectivity index (χ0v) is 9.08. The number of aromatic nitrogens is 3. The first-order valence-corrected chi connectivity index (χ1v) is 4.79. The molecule has 0 amide bonds. The van der Waals surface area contributed by atoms with Gasteiger partial charge in [-0.3, -0.25) is 4.57 Å². The molecule has 0 aliphatic carbocycles. The monoisotopic (exact) mass is 201 g/mol. The van der Waals surface area contributed by atoms with E-state index in [1.165, 1.54) is 15.6 Å². The van der Waals surface area contributed by atoms with Crippen LogP contribution in [0, 0.1) is 5.41 Å². The largest absolute Gasteiger partial charge is 0.345 e. The molecule has 0 saturated heterocycles. The van der Waals surface area contributed by atoms with Gasteiger partial charge in [0.2, 0.25) is 0 Å². The van der Waals surface area contributed by atoms with Gasteiger partial charge in [0, 0.05) is 7.05 Å². The van der Waals surface area contributed by atoms with Gasteiger partial charge >= 0.3 is 5.69 Å². The highest BCUT2D eigenvalue weighted by Crippen LogP contribution is 2.17. The lowest BCUT2D eigenvalue weighted by atomic mass is 9.97. The van der Waals surface area contributed by atoms with Crippen LogP contribution in [0.2, 0.25) is 0 Å². The number of aryl methyl sites for hydroxylation is 1. The van der Waals surface area contributed by atoms with Gasteiger partial charge in [0.15, 0.2) is 0 Å². The van der Waals surface area contributed by atoms with Gasteiger partial charge in [-0.2, -0.15) is 17.7 Å². The van der Waals surface area contributed by atoms with Gasteiger partial charge < -0.3 is 0 Å². The first-order chi connectivity index (χ1) is 5.96. The molecular weight excluding hydrogens is 186 g/mol. The van der Waals surface area contributed by atoms with Gasteiger partial charge in [0.05, 0.1) is 6.54 Å². The molecule has 0 aliphatic heterocycles. The number of thiol groups is 1. The average Bonchev–Trinajstić information content (AvgIpc) is 2.36. The zero-order valence-electron chi connectivity index (χ0n) is 8.19. The van der Waals surface area contributed by atoms with Crippen LogP contribution in [0.5, 0.6) is 0 Å². The molecule has 0 saturated carbocycles. The van der Waals surface area contributed by atoms with Gasteiger partial charge in [0.25, 0.3) is 0 Å². The van der Waals surface area contributed by atoms with Crippen molar-refractivity contribution in [2.24, 2.45) is 12.5 Å². The Labute approximate surface area is 83.0 Å². The highest BCUT2D eigenvalue weighted by Gasteiger charge is 2.18. The van der Waals surface area contributed by atoms with E-state index in [2.05, 4.69) is 31.6 Å². The van der Waals surface area contributed by atoms with Crippen molar-refractivity contribution in [2.75, 3.05) is 5.75 Å². The highest BCUT2D eigenvalue weighted by molar-refractivity contribution is 7.80. The molecule has 0 fully saturated rings. The fourth-order valence-electron chi connectivity index (χ4n) is 0.985. The fraction of sp³-hybridized carbons (Fsp3) is 0.750. The van der Waals surface area contributed by atoms with Crippen LogP contribution in [0.15, 0.2) is 11.1 Å². The molecule has 1 aromatic rings. The van der Waals surface area contributed by atoms with Crippen molar-refractivity contribution in [3.63, 3.8) is 0 Å². The molecule has 74 valence electrons. The minimum absolute atomic E-state index is 0.00128. The molecule has 0 atom stereocenters. The predicted molar refractivity (Wildman–Crippen MR) is 55.1 cm³/mol. The minimum atomic E-state index is -0.0742. The van der Waals surface area contributed by atoms with Crippen molar-refractivity contribution in [3.8, 4) is 0 Å². The van der Waals surface area contributed by atoms with Crippen molar-refractivity contribution in [1.29, 1.82) is 0 Å². The van der Waals surface area contributed by atoms with Crippen LogP contribution in [-0.2, 0) is 13.6 Å². The third kappa shape index (κ3) is 2.37. The van der Waals surface area contributed by atoms with Crippen LogP contribution >= 0.6 is 12.6 Å². The molecule has 1 heterocycles. The van der Waals surface area contributed by atoms with Crippen molar-refractivity contribution in [3.05, 3.63) is 16.8 Å². The quantitative estimate of drug-likeness (QED) is 0.725. The van der Waals surface area contributed by atoms with Crippen LogP contribution in [0.25, 0.3) is 0 Å². The summed E-state index contributed by atoms with van der Waals surface area (Å²) in [7, 11) is 1.69. The summed E-state index contributed by atoms with van der Waals surface area (Å²) in [5.74, 6) is 0.732. The summed E-state index contributed by atoms with van der Waals surface area (Å²) in [5.41, 5.74) is -0.0729. The second kappa shape index (κ2) is 3.57. The summed E-state index contributed by atoms with van der Waals surface area (Å²) in [5, 5.41) is 3.98. The fourth-order valence-corrected chi connectivity index (χ4v) is 1.08. The van der Waals surface area contributed by atoms with Crippen molar-refractivity contribution in [2.45, 2.75) is 20.4 Å². The summed E-state index contributed by atoms with van der Waals surface area (Å²) in [4.78, 5) is 11.4. The lowest BCUT2D eigenvalue weighted by Gasteiger charge is -2.20. The standard InChI is InChI=1S/C8H15N3OS/c1-8(2,5-13)4-11-7(12)10(3)6-9-11/h6,13H,4-5H2,1-3H3. The lowest BCUT2D eigenvalue weighted by Crippen LogP contribution is -2.30. The smallest absolute Gasteiger partial charge is 0.285 e. The summed E-state index contributed by atoms with van der Waals surface area (Å²) in [6.45, 7) is 4.72. The molecule has 1 rings (SSSR count). The Morgan fingerprint density at radius 3 is 2.62 bits per heavy atom. The van der Waals surface area contributed by atoms with Crippen LogP contribution in [0.1, 0.15) is 13.8 Å². The second-order valence-corrected chi connectivity index (χ2v) is 4.32. The van der Waals surface area contributed by atoms with E-state index in [4.69, 9.17) is 0 Å². The summed E-state index contributed by atoms with van der Waals surface area (Å²) >= 11 is 4.22. The molecule has 0 aliphatic rings. The van der Waals surface area contributed by atoms with E-state index >= 15 is 0 Å². The Hall–Kier alpha value is -0.710. The van der Waals surface area contributed by atoms with Gasteiger partial charge in [-0.25, -0.2) is 9.48 Å². The predicted octanol–water partition coefficient (Wildman–Crippen LogP) is 0.538. The summed E-state index contributed by atoms with van der Waals surface area (Å²) in [6.07, 6.45) is 1.52. The molecular formula is C8H15N3OS. The Morgan fingerprint density at radius 1 is 1.62 bits per heavy atom. The molecule has 5 heteroatoms.